The number of alkyl halides is 3. The summed E-state index contributed by atoms with van der Waals surface area (Å²) >= 11 is 0. The summed E-state index contributed by atoms with van der Waals surface area (Å²) in [7, 11) is 0. The number of allylic oxidation sites excluding steroid dienone is 1. The molecule has 0 aliphatic carbocycles. The average Bonchev–Trinajstić information content (AvgIpc) is 2.57. The molecule has 8 heteroatoms. The second-order valence-corrected chi connectivity index (χ2v) is 6.11. The lowest BCUT2D eigenvalue weighted by Gasteiger charge is -2.35. The van der Waals surface area contributed by atoms with Crippen molar-refractivity contribution < 1.29 is 22.3 Å². The summed E-state index contributed by atoms with van der Waals surface area (Å²) in [5.74, 6) is -0.878. The maximum absolute atomic E-state index is 14.4. The largest absolute Gasteiger partial charge is 0.573 e. The van der Waals surface area contributed by atoms with Gasteiger partial charge in [-0.3, -0.25) is 4.90 Å². The average molecular weight is 397 g/mol. The lowest BCUT2D eigenvalue weighted by Crippen LogP contribution is -2.45. The van der Waals surface area contributed by atoms with Gasteiger partial charge >= 0.3 is 6.36 Å². The van der Waals surface area contributed by atoms with Crippen molar-refractivity contribution in [2.75, 3.05) is 26.2 Å². The fourth-order valence-electron chi connectivity index (χ4n) is 3.13. The van der Waals surface area contributed by atoms with Gasteiger partial charge in [-0.25, -0.2) is 4.39 Å². The van der Waals surface area contributed by atoms with Gasteiger partial charge < -0.3 is 10.1 Å². The first-order chi connectivity index (χ1) is 11.9. The molecule has 3 nitrogen and oxygen atoms in total. The van der Waals surface area contributed by atoms with Gasteiger partial charge in [0.1, 0.15) is 11.6 Å². The lowest BCUT2D eigenvalue weighted by atomic mass is 9.97. The molecule has 1 atom stereocenters. The fourth-order valence-corrected chi connectivity index (χ4v) is 3.13. The van der Waals surface area contributed by atoms with Crippen LogP contribution in [0.2, 0.25) is 0 Å². The predicted octanol–water partition coefficient (Wildman–Crippen LogP) is 4.84. The third-order valence-corrected chi connectivity index (χ3v) is 4.29. The number of hydrogen-bond acceptors (Lipinski definition) is 3. The lowest BCUT2D eigenvalue weighted by molar-refractivity contribution is -0.274. The molecule has 0 radical (unpaired) electrons. The molecule has 1 saturated heterocycles. The Morgan fingerprint density at radius 3 is 2.54 bits per heavy atom. The van der Waals surface area contributed by atoms with Crippen LogP contribution in [0.5, 0.6) is 5.75 Å². The number of halogens is 5. The molecule has 1 aromatic carbocycles. The molecule has 0 saturated carbocycles. The van der Waals surface area contributed by atoms with Gasteiger partial charge in [0.15, 0.2) is 0 Å². The fraction of sp³-hybridized carbons (Fsp3) is 0.556. The van der Waals surface area contributed by atoms with Crippen molar-refractivity contribution in [3.05, 3.63) is 42.2 Å². The topological polar surface area (TPSA) is 24.5 Å². The highest BCUT2D eigenvalue weighted by atomic mass is 35.5. The van der Waals surface area contributed by atoms with Gasteiger partial charge in [-0.1, -0.05) is 12.5 Å². The molecule has 0 bridgehead atoms. The van der Waals surface area contributed by atoms with Crippen LogP contribution < -0.4 is 10.1 Å². The van der Waals surface area contributed by atoms with E-state index in [4.69, 9.17) is 0 Å². The molecule has 1 N–H and O–H groups in total. The van der Waals surface area contributed by atoms with Crippen LogP contribution in [0.3, 0.4) is 0 Å². The summed E-state index contributed by atoms with van der Waals surface area (Å²) < 4.78 is 55.8. The van der Waals surface area contributed by atoms with Gasteiger partial charge in [-0.15, -0.1) is 32.2 Å². The first-order valence-corrected chi connectivity index (χ1v) is 8.51. The first kappa shape index (κ1) is 22.7. The molecule has 1 fully saturated rings. The zero-order valence-electron chi connectivity index (χ0n) is 14.5. The van der Waals surface area contributed by atoms with Gasteiger partial charge in [0.25, 0.3) is 0 Å². The number of nitrogens with zero attached hydrogens (tertiary/aromatic N) is 1. The monoisotopic (exact) mass is 396 g/mol. The molecule has 148 valence electrons. The second kappa shape index (κ2) is 10.7. The van der Waals surface area contributed by atoms with E-state index >= 15 is 0 Å². The molecule has 2 rings (SSSR count). The first-order valence-electron chi connectivity index (χ1n) is 8.51. The molecule has 1 aromatic rings. The maximum Gasteiger partial charge on any atom is 0.573 e. The van der Waals surface area contributed by atoms with Crippen LogP contribution in [0.15, 0.2) is 30.9 Å². The zero-order chi connectivity index (χ0) is 18.3. The SMILES string of the molecule is C=CCCCC[C@@H](c1cc(OC(F)(F)F)ccc1F)N1CCNCC1.Cl. The zero-order valence-corrected chi connectivity index (χ0v) is 15.3. The molecule has 0 aromatic heterocycles. The van der Waals surface area contributed by atoms with E-state index in [1.165, 1.54) is 6.07 Å². The molecule has 1 aliphatic rings. The Balaban J connectivity index is 0.00000338. The molecule has 1 heterocycles. The van der Waals surface area contributed by atoms with E-state index in [0.29, 0.717) is 6.42 Å². The minimum atomic E-state index is -4.79. The number of hydrogen-bond donors (Lipinski definition) is 1. The summed E-state index contributed by atoms with van der Waals surface area (Å²) in [6.45, 7) is 6.71. The van der Waals surface area contributed by atoms with Crippen molar-refractivity contribution in [1.29, 1.82) is 0 Å². The Morgan fingerprint density at radius 1 is 1.23 bits per heavy atom. The summed E-state index contributed by atoms with van der Waals surface area (Å²) in [4.78, 5) is 2.13. The van der Waals surface area contributed by atoms with Crippen LogP contribution in [0.1, 0.15) is 37.3 Å². The molecule has 1 aliphatic heterocycles. The van der Waals surface area contributed by atoms with Crippen LogP contribution in [0.25, 0.3) is 0 Å². The van der Waals surface area contributed by atoms with Gasteiger partial charge in [0, 0.05) is 37.8 Å². The van der Waals surface area contributed by atoms with Crippen molar-refractivity contribution in [2.24, 2.45) is 0 Å². The van der Waals surface area contributed by atoms with Crippen LogP contribution in [0.4, 0.5) is 17.6 Å². The van der Waals surface area contributed by atoms with Crippen LogP contribution in [-0.4, -0.2) is 37.4 Å². The van der Waals surface area contributed by atoms with Gasteiger partial charge in [0.2, 0.25) is 0 Å². The maximum atomic E-state index is 14.4. The molecular weight excluding hydrogens is 372 g/mol. The van der Waals surface area contributed by atoms with Crippen molar-refractivity contribution in [2.45, 2.75) is 38.1 Å². The Kier molecular flexibility index (Phi) is 9.39. The van der Waals surface area contributed by atoms with E-state index in [0.717, 1.165) is 57.6 Å². The van der Waals surface area contributed by atoms with Crippen molar-refractivity contribution in [1.82, 2.24) is 10.2 Å². The van der Waals surface area contributed by atoms with Crippen molar-refractivity contribution in [3.63, 3.8) is 0 Å². The van der Waals surface area contributed by atoms with Gasteiger partial charge in [-0.05, 0) is 37.5 Å². The minimum Gasteiger partial charge on any atom is -0.406 e. The highest BCUT2D eigenvalue weighted by Crippen LogP contribution is 2.33. The van der Waals surface area contributed by atoms with E-state index in [-0.39, 0.29) is 29.8 Å². The molecule has 26 heavy (non-hydrogen) atoms. The summed E-state index contributed by atoms with van der Waals surface area (Å²) in [5, 5.41) is 3.23. The van der Waals surface area contributed by atoms with E-state index in [9.17, 15) is 17.6 Å². The standard InChI is InChI=1S/C18H24F4N2O.ClH/c1-2-3-4-5-6-17(24-11-9-23-10-12-24)15-13-14(7-8-16(15)19)25-18(20,21)22;/h2,7-8,13,17,23H,1,3-6,9-12H2;1H/t17-;/m0./s1. The Morgan fingerprint density at radius 2 is 1.92 bits per heavy atom. The Hall–Kier alpha value is -1.31. The van der Waals surface area contributed by atoms with E-state index in [2.05, 4.69) is 21.5 Å². The second-order valence-electron chi connectivity index (χ2n) is 6.11. The van der Waals surface area contributed by atoms with E-state index in [1.807, 2.05) is 6.08 Å². The third-order valence-electron chi connectivity index (χ3n) is 4.29. The highest BCUT2D eigenvalue weighted by Gasteiger charge is 2.32. The minimum absolute atomic E-state index is 0. The number of benzene rings is 1. The normalized spacial score (nSPS) is 16.6. The van der Waals surface area contributed by atoms with Crippen LogP contribution in [-0.2, 0) is 0 Å². The molecular formula is C18H25ClF4N2O. The van der Waals surface area contributed by atoms with E-state index < -0.39 is 12.2 Å². The Bertz CT molecular complexity index is 563. The molecule has 0 spiro atoms. The smallest absolute Gasteiger partial charge is 0.406 e. The molecule has 0 amide bonds. The predicted molar refractivity (Wildman–Crippen MR) is 96.2 cm³/mol. The van der Waals surface area contributed by atoms with Crippen LogP contribution >= 0.6 is 12.4 Å². The number of piperazine rings is 1. The third kappa shape index (κ3) is 7.13. The number of unbranched alkanes of at least 4 members (excludes halogenated alkanes) is 2. The quantitative estimate of drug-likeness (QED) is 0.386. The highest BCUT2D eigenvalue weighted by molar-refractivity contribution is 5.85. The van der Waals surface area contributed by atoms with Gasteiger partial charge in [-0.2, -0.15) is 0 Å². The summed E-state index contributed by atoms with van der Waals surface area (Å²) in [5.41, 5.74) is 0.266. The van der Waals surface area contributed by atoms with Gasteiger partial charge in [0.05, 0.1) is 0 Å². The van der Waals surface area contributed by atoms with Crippen LogP contribution in [0, 0.1) is 5.82 Å². The summed E-state index contributed by atoms with van der Waals surface area (Å²) in [6, 6.07) is 2.99. The number of rotatable bonds is 8. The summed E-state index contributed by atoms with van der Waals surface area (Å²) in [6.07, 6.45) is 0.368. The van der Waals surface area contributed by atoms with Crippen molar-refractivity contribution >= 4 is 12.4 Å². The number of nitrogens with one attached hydrogen (secondary N) is 1. The Labute approximate surface area is 157 Å². The van der Waals surface area contributed by atoms with E-state index in [1.54, 1.807) is 0 Å². The number of ether oxygens (including phenoxy) is 1. The molecule has 0 unspecified atom stereocenters. The van der Waals surface area contributed by atoms with Crippen molar-refractivity contribution in [3.8, 4) is 5.75 Å².